The summed E-state index contributed by atoms with van der Waals surface area (Å²) in [6, 6.07) is 13.8. The molecule has 1 aliphatic rings. The number of thiophene rings is 1. The molecule has 1 fully saturated rings. The van der Waals surface area contributed by atoms with Crippen molar-refractivity contribution in [2.75, 3.05) is 41.9 Å². The van der Waals surface area contributed by atoms with E-state index in [9.17, 15) is 0 Å². The maximum Gasteiger partial charge on any atom is 0.250 e. The first kappa shape index (κ1) is 17.4. The minimum absolute atomic E-state index is 0.387. The van der Waals surface area contributed by atoms with Crippen molar-refractivity contribution in [1.82, 2.24) is 15.0 Å². The molecule has 1 aliphatic heterocycles. The third-order valence-electron chi connectivity index (χ3n) is 3.85. The largest absolute Gasteiger partial charge is 0.378 e. The Morgan fingerprint density at radius 2 is 1.81 bits per heavy atom. The van der Waals surface area contributed by atoms with Gasteiger partial charge in [0.15, 0.2) is 0 Å². The topological polar surface area (TPSA) is 87.6 Å². The Morgan fingerprint density at radius 3 is 2.59 bits per heavy atom. The first-order valence-corrected chi connectivity index (χ1v) is 9.48. The fourth-order valence-corrected chi connectivity index (χ4v) is 3.13. The van der Waals surface area contributed by atoms with Gasteiger partial charge in [-0.25, -0.2) is 5.43 Å². The van der Waals surface area contributed by atoms with Crippen LogP contribution >= 0.6 is 11.3 Å². The molecule has 9 heteroatoms. The number of aromatic nitrogens is 3. The zero-order valence-electron chi connectivity index (χ0n) is 14.6. The number of para-hydroxylation sites is 1. The fourth-order valence-electron chi connectivity index (χ4n) is 2.54. The molecule has 0 atom stereocenters. The van der Waals surface area contributed by atoms with Crippen molar-refractivity contribution in [2.45, 2.75) is 0 Å². The number of hydrazone groups is 1. The predicted molar refractivity (Wildman–Crippen MR) is 108 cm³/mol. The summed E-state index contributed by atoms with van der Waals surface area (Å²) in [5.74, 6) is 1.45. The number of morpholine rings is 1. The highest BCUT2D eigenvalue weighted by Crippen LogP contribution is 2.18. The van der Waals surface area contributed by atoms with Gasteiger partial charge in [0.1, 0.15) is 0 Å². The molecule has 0 saturated carbocycles. The second-order valence-electron chi connectivity index (χ2n) is 5.76. The highest BCUT2D eigenvalue weighted by atomic mass is 32.1. The van der Waals surface area contributed by atoms with Gasteiger partial charge in [0.25, 0.3) is 0 Å². The standard InChI is InChI=1S/C18H19N7OS/c1-2-5-14(6-3-1)20-16-21-17(24-19-13-15-7-4-12-27-15)23-18(22-16)25-8-10-26-11-9-25/h1-7,12-13H,8-11H2,(H2,20,21,22,23,24)/b19-13+. The first-order chi connectivity index (χ1) is 13.4. The highest BCUT2D eigenvalue weighted by Gasteiger charge is 2.16. The van der Waals surface area contributed by atoms with Gasteiger partial charge >= 0.3 is 0 Å². The zero-order valence-corrected chi connectivity index (χ0v) is 15.4. The van der Waals surface area contributed by atoms with Crippen molar-refractivity contribution in [3.05, 3.63) is 52.7 Å². The molecule has 1 aromatic carbocycles. The lowest BCUT2D eigenvalue weighted by atomic mass is 10.3. The van der Waals surface area contributed by atoms with Gasteiger partial charge in [-0.05, 0) is 23.6 Å². The molecule has 2 aromatic heterocycles. The molecular weight excluding hydrogens is 362 g/mol. The number of benzene rings is 1. The van der Waals surface area contributed by atoms with Crippen LogP contribution in [-0.2, 0) is 4.74 Å². The molecule has 4 rings (SSSR count). The van der Waals surface area contributed by atoms with Crippen LogP contribution in [0.15, 0.2) is 52.9 Å². The van der Waals surface area contributed by atoms with E-state index in [1.165, 1.54) is 0 Å². The monoisotopic (exact) mass is 381 g/mol. The molecule has 0 aliphatic carbocycles. The van der Waals surface area contributed by atoms with E-state index >= 15 is 0 Å². The Morgan fingerprint density at radius 1 is 1.00 bits per heavy atom. The lowest BCUT2D eigenvalue weighted by Crippen LogP contribution is -2.37. The lowest BCUT2D eigenvalue weighted by molar-refractivity contribution is 0.122. The second-order valence-corrected chi connectivity index (χ2v) is 6.74. The molecule has 138 valence electrons. The molecule has 0 unspecified atom stereocenters. The average molecular weight is 381 g/mol. The van der Waals surface area contributed by atoms with E-state index in [2.05, 4.69) is 35.7 Å². The number of rotatable bonds is 6. The molecule has 0 spiro atoms. The van der Waals surface area contributed by atoms with Crippen LogP contribution in [0.3, 0.4) is 0 Å². The fraction of sp³-hybridized carbons (Fsp3) is 0.222. The van der Waals surface area contributed by atoms with Crippen molar-refractivity contribution in [3.8, 4) is 0 Å². The Hall–Kier alpha value is -3.04. The Kier molecular flexibility index (Phi) is 5.51. The molecule has 27 heavy (non-hydrogen) atoms. The smallest absolute Gasteiger partial charge is 0.250 e. The van der Waals surface area contributed by atoms with Gasteiger partial charge in [0, 0.05) is 23.7 Å². The summed E-state index contributed by atoms with van der Waals surface area (Å²) >= 11 is 1.61. The summed E-state index contributed by atoms with van der Waals surface area (Å²) in [6.45, 7) is 2.80. The number of hydrogen-bond acceptors (Lipinski definition) is 9. The van der Waals surface area contributed by atoms with Gasteiger partial charge in [0.2, 0.25) is 17.8 Å². The SMILES string of the molecule is C(=N\Nc1nc(Nc2ccccc2)nc(N2CCOCC2)n1)/c1cccs1. The zero-order chi connectivity index (χ0) is 18.3. The maximum atomic E-state index is 5.42. The molecular formula is C18H19N7OS. The van der Waals surface area contributed by atoms with Gasteiger partial charge in [0.05, 0.1) is 19.4 Å². The Bertz CT molecular complexity index is 880. The van der Waals surface area contributed by atoms with Gasteiger partial charge in [-0.15, -0.1) is 11.3 Å². The minimum atomic E-state index is 0.387. The third-order valence-corrected chi connectivity index (χ3v) is 4.65. The van der Waals surface area contributed by atoms with Crippen molar-refractivity contribution < 1.29 is 4.74 Å². The van der Waals surface area contributed by atoms with E-state index in [0.717, 1.165) is 23.7 Å². The van der Waals surface area contributed by atoms with Crippen molar-refractivity contribution in [3.63, 3.8) is 0 Å². The van der Waals surface area contributed by atoms with Crippen LogP contribution in [0.5, 0.6) is 0 Å². The number of anilines is 4. The second kappa shape index (κ2) is 8.56. The van der Waals surface area contributed by atoms with Crippen molar-refractivity contribution >= 4 is 41.1 Å². The van der Waals surface area contributed by atoms with Crippen LogP contribution in [0.1, 0.15) is 4.88 Å². The van der Waals surface area contributed by atoms with Crippen molar-refractivity contribution in [2.24, 2.45) is 5.10 Å². The van der Waals surface area contributed by atoms with Gasteiger partial charge < -0.3 is 15.0 Å². The lowest BCUT2D eigenvalue weighted by Gasteiger charge is -2.27. The number of nitrogens with zero attached hydrogens (tertiary/aromatic N) is 5. The molecule has 1 saturated heterocycles. The van der Waals surface area contributed by atoms with E-state index in [1.807, 2.05) is 47.8 Å². The van der Waals surface area contributed by atoms with Crippen LogP contribution in [0.25, 0.3) is 0 Å². The summed E-state index contributed by atoms with van der Waals surface area (Å²) in [5.41, 5.74) is 3.81. The summed E-state index contributed by atoms with van der Waals surface area (Å²) in [6.07, 6.45) is 1.74. The number of nitrogens with one attached hydrogen (secondary N) is 2. The van der Waals surface area contributed by atoms with E-state index in [4.69, 9.17) is 4.74 Å². The highest BCUT2D eigenvalue weighted by molar-refractivity contribution is 7.11. The molecule has 2 N–H and O–H groups in total. The summed E-state index contributed by atoms with van der Waals surface area (Å²) in [5, 5.41) is 9.45. The molecule has 0 radical (unpaired) electrons. The summed E-state index contributed by atoms with van der Waals surface area (Å²) < 4.78 is 5.42. The molecule has 0 bridgehead atoms. The molecule has 3 aromatic rings. The maximum absolute atomic E-state index is 5.42. The van der Waals surface area contributed by atoms with Crippen LogP contribution in [0.4, 0.5) is 23.5 Å². The van der Waals surface area contributed by atoms with Crippen molar-refractivity contribution in [1.29, 1.82) is 0 Å². The summed E-state index contributed by atoms with van der Waals surface area (Å²) in [7, 11) is 0. The van der Waals surface area contributed by atoms with Gasteiger partial charge in [-0.1, -0.05) is 24.3 Å². The Labute approximate surface area is 161 Å². The molecule has 0 amide bonds. The average Bonchev–Trinajstić information content (AvgIpc) is 3.23. The van der Waals surface area contributed by atoms with Gasteiger partial charge in [-0.3, -0.25) is 0 Å². The van der Waals surface area contributed by atoms with Gasteiger partial charge in [-0.2, -0.15) is 20.1 Å². The van der Waals surface area contributed by atoms with Crippen LogP contribution in [0, 0.1) is 0 Å². The molecule has 3 heterocycles. The van der Waals surface area contributed by atoms with Crippen LogP contribution < -0.4 is 15.6 Å². The number of hydrogen-bond donors (Lipinski definition) is 2. The number of ether oxygens (including phenoxy) is 1. The first-order valence-electron chi connectivity index (χ1n) is 8.60. The summed E-state index contributed by atoms with van der Waals surface area (Å²) in [4.78, 5) is 16.6. The van der Waals surface area contributed by atoms with Crippen LogP contribution in [0.2, 0.25) is 0 Å². The normalized spacial score (nSPS) is 14.4. The minimum Gasteiger partial charge on any atom is -0.378 e. The Balaban J connectivity index is 1.57. The van der Waals surface area contributed by atoms with E-state index in [0.29, 0.717) is 31.1 Å². The quantitative estimate of drug-likeness (QED) is 0.501. The van der Waals surface area contributed by atoms with E-state index in [-0.39, 0.29) is 0 Å². The van der Waals surface area contributed by atoms with E-state index < -0.39 is 0 Å². The molecule has 8 nitrogen and oxygen atoms in total. The predicted octanol–water partition coefficient (Wildman–Crippen LogP) is 2.96. The van der Waals surface area contributed by atoms with Crippen LogP contribution in [-0.4, -0.2) is 47.5 Å². The third kappa shape index (κ3) is 4.78. The van der Waals surface area contributed by atoms with E-state index in [1.54, 1.807) is 17.6 Å².